The maximum atomic E-state index is 13.4. The molecule has 7 nitrogen and oxygen atoms in total. The first-order valence-corrected chi connectivity index (χ1v) is 11.4. The fraction of sp³-hybridized carbons (Fsp3) is 0.179. The van der Waals surface area contributed by atoms with Gasteiger partial charge in [-0.05, 0) is 42.3 Å². The van der Waals surface area contributed by atoms with E-state index in [1.54, 1.807) is 18.0 Å². The molecule has 4 aromatic rings. The number of rotatable bonds is 8. The fourth-order valence-corrected chi connectivity index (χ4v) is 3.87. The Morgan fingerprint density at radius 1 is 1.00 bits per heavy atom. The summed E-state index contributed by atoms with van der Waals surface area (Å²) in [6, 6.07) is 24.6. The maximum absolute atomic E-state index is 13.4. The lowest BCUT2D eigenvalue weighted by Crippen LogP contribution is -2.27. The lowest BCUT2D eigenvalue weighted by molar-refractivity contribution is -0.114. The molecular weight excluding hydrogens is 440 g/mol. The molecule has 0 aliphatic rings. The molecule has 0 aliphatic carbocycles. The molecule has 1 heterocycles. The third-order valence-corrected chi connectivity index (χ3v) is 5.59. The zero-order chi connectivity index (χ0) is 24.8. The monoisotopic (exact) mass is 468 g/mol. The Bertz CT molecular complexity index is 1330. The van der Waals surface area contributed by atoms with E-state index < -0.39 is 0 Å². The van der Waals surface area contributed by atoms with Gasteiger partial charge in [0.05, 0.1) is 25.3 Å². The first-order chi connectivity index (χ1) is 16.9. The largest absolute Gasteiger partial charge is 0.497 e. The van der Waals surface area contributed by atoms with Crippen molar-refractivity contribution in [2.24, 2.45) is 0 Å². The standard InChI is InChI=1S/C28H28N4O3/c1-19(22-11-7-13-24(15-22)30-20(2)33)29-28(34)26-18-32(17-21-9-5-4-6-10-21)31-27(26)23-12-8-14-25(16-23)35-3/h4-16,18-19H,17H2,1-3H3,(H,29,34)(H,30,33). The molecule has 1 unspecified atom stereocenters. The van der Waals surface area contributed by atoms with Crippen LogP contribution in [0.25, 0.3) is 11.3 Å². The van der Waals surface area contributed by atoms with Gasteiger partial charge < -0.3 is 15.4 Å². The molecular formula is C28H28N4O3. The number of hydrogen-bond acceptors (Lipinski definition) is 4. The molecule has 0 fully saturated rings. The molecule has 0 radical (unpaired) electrons. The van der Waals surface area contributed by atoms with Crippen molar-refractivity contribution in [2.75, 3.05) is 12.4 Å². The molecule has 0 aliphatic heterocycles. The zero-order valence-electron chi connectivity index (χ0n) is 20.0. The first kappa shape index (κ1) is 23.8. The van der Waals surface area contributed by atoms with Crippen molar-refractivity contribution in [3.63, 3.8) is 0 Å². The molecule has 0 bridgehead atoms. The average Bonchev–Trinajstić information content (AvgIpc) is 3.28. The van der Waals surface area contributed by atoms with Crippen LogP contribution in [-0.2, 0) is 11.3 Å². The second-order valence-corrected chi connectivity index (χ2v) is 8.31. The molecule has 1 atom stereocenters. The third-order valence-electron chi connectivity index (χ3n) is 5.59. The van der Waals surface area contributed by atoms with Gasteiger partial charge in [-0.2, -0.15) is 5.10 Å². The van der Waals surface area contributed by atoms with Gasteiger partial charge in [0.2, 0.25) is 5.91 Å². The van der Waals surface area contributed by atoms with Crippen molar-refractivity contribution >= 4 is 17.5 Å². The number of aromatic nitrogens is 2. The zero-order valence-corrected chi connectivity index (χ0v) is 20.0. The number of hydrogen-bond donors (Lipinski definition) is 2. The highest BCUT2D eigenvalue weighted by Gasteiger charge is 2.21. The van der Waals surface area contributed by atoms with Crippen LogP contribution in [0.4, 0.5) is 5.69 Å². The van der Waals surface area contributed by atoms with E-state index in [2.05, 4.69) is 10.6 Å². The Morgan fingerprint density at radius 3 is 2.51 bits per heavy atom. The smallest absolute Gasteiger partial charge is 0.255 e. The summed E-state index contributed by atoms with van der Waals surface area (Å²) in [6.45, 7) is 3.91. The van der Waals surface area contributed by atoms with Gasteiger partial charge in [-0.15, -0.1) is 0 Å². The van der Waals surface area contributed by atoms with Crippen molar-refractivity contribution in [3.8, 4) is 17.0 Å². The van der Waals surface area contributed by atoms with Gasteiger partial charge in [0.1, 0.15) is 11.4 Å². The Labute approximate surface area is 204 Å². The van der Waals surface area contributed by atoms with Crippen molar-refractivity contribution in [2.45, 2.75) is 26.4 Å². The van der Waals surface area contributed by atoms with Gasteiger partial charge in [-0.3, -0.25) is 14.3 Å². The number of benzene rings is 3. The topological polar surface area (TPSA) is 85.2 Å². The number of ether oxygens (including phenoxy) is 1. The number of methoxy groups -OCH3 is 1. The van der Waals surface area contributed by atoms with Crippen LogP contribution >= 0.6 is 0 Å². The van der Waals surface area contributed by atoms with Crippen LogP contribution in [0.1, 0.15) is 41.4 Å². The quantitative estimate of drug-likeness (QED) is 0.379. The SMILES string of the molecule is COc1cccc(-c2nn(Cc3ccccc3)cc2C(=O)NC(C)c2cccc(NC(C)=O)c2)c1. The van der Waals surface area contributed by atoms with Crippen LogP contribution in [0.15, 0.2) is 85.1 Å². The molecule has 4 rings (SSSR count). The molecule has 178 valence electrons. The summed E-state index contributed by atoms with van der Waals surface area (Å²) < 4.78 is 7.15. The number of nitrogens with one attached hydrogen (secondary N) is 2. The van der Waals surface area contributed by atoms with E-state index in [0.29, 0.717) is 29.2 Å². The van der Waals surface area contributed by atoms with Crippen LogP contribution in [0.2, 0.25) is 0 Å². The van der Waals surface area contributed by atoms with E-state index in [1.807, 2.05) is 85.8 Å². The van der Waals surface area contributed by atoms with Gasteiger partial charge in [0, 0.05) is 24.4 Å². The predicted molar refractivity (Wildman–Crippen MR) is 136 cm³/mol. The minimum absolute atomic E-state index is 0.146. The van der Waals surface area contributed by atoms with Gasteiger partial charge in [0.15, 0.2) is 0 Å². The number of amides is 2. The summed E-state index contributed by atoms with van der Waals surface area (Å²) in [6.07, 6.45) is 1.78. The van der Waals surface area contributed by atoms with Crippen LogP contribution in [0.5, 0.6) is 5.75 Å². The van der Waals surface area contributed by atoms with E-state index in [4.69, 9.17) is 9.84 Å². The van der Waals surface area contributed by atoms with E-state index in [1.165, 1.54) is 6.92 Å². The highest BCUT2D eigenvalue weighted by molar-refractivity contribution is 6.00. The maximum Gasteiger partial charge on any atom is 0.255 e. The third kappa shape index (κ3) is 5.95. The molecule has 2 amide bonds. The molecule has 3 aromatic carbocycles. The minimum atomic E-state index is -0.285. The fourth-order valence-electron chi connectivity index (χ4n) is 3.87. The molecule has 1 aromatic heterocycles. The summed E-state index contributed by atoms with van der Waals surface area (Å²) in [7, 11) is 1.61. The van der Waals surface area contributed by atoms with Crippen LogP contribution < -0.4 is 15.4 Å². The van der Waals surface area contributed by atoms with Crippen LogP contribution in [0, 0.1) is 0 Å². The Kier molecular flexibility index (Phi) is 7.26. The summed E-state index contributed by atoms with van der Waals surface area (Å²) >= 11 is 0. The highest BCUT2D eigenvalue weighted by atomic mass is 16.5. The van der Waals surface area contributed by atoms with E-state index in [-0.39, 0.29) is 17.9 Å². The van der Waals surface area contributed by atoms with Gasteiger partial charge in [-0.1, -0.05) is 54.6 Å². The van der Waals surface area contributed by atoms with Gasteiger partial charge in [-0.25, -0.2) is 0 Å². The molecule has 0 saturated heterocycles. The van der Waals surface area contributed by atoms with Crippen LogP contribution in [0.3, 0.4) is 0 Å². The van der Waals surface area contributed by atoms with E-state index in [9.17, 15) is 9.59 Å². The number of anilines is 1. The number of carbonyl (C=O) groups excluding carboxylic acids is 2. The number of carbonyl (C=O) groups is 2. The molecule has 0 saturated carbocycles. The van der Waals surface area contributed by atoms with Crippen molar-refractivity contribution in [1.29, 1.82) is 0 Å². The number of nitrogens with zero attached hydrogens (tertiary/aromatic N) is 2. The Balaban J connectivity index is 1.63. The average molecular weight is 469 g/mol. The lowest BCUT2D eigenvalue weighted by atomic mass is 10.0. The second kappa shape index (κ2) is 10.7. The van der Waals surface area contributed by atoms with Crippen LogP contribution in [-0.4, -0.2) is 28.7 Å². The van der Waals surface area contributed by atoms with Crippen molar-refractivity contribution in [1.82, 2.24) is 15.1 Å². The predicted octanol–water partition coefficient (Wildman–Crippen LogP) is 5.06. The normalized spacial score (nSPS) is 11.5. The molecule has 2 N–H and O–H groups in total. The van der Waals surface area contributed by atoms with E-state index in [0.717, 1.165) is 16.7 Å². The van der Waals surface area contributed by atoms with Crippen molar-refractivity contribution in [3.05, 3.63) is 102 Å². The highest BCUT2D eigenvalue weighted by Crippen LogP contribution is 2.27. The summed E-state index contributed by atoms with van der Waals surface area (Å²) in [5.74, 6) is 0.307. The molecule has 35 heavy (non-hydrogen) atoms. The summed E-state index contributed by atoms with van der Waals surface area (Å²) in [5, 5.41) is 10.6. The summed E-state index contributed by atoms with van der Waals surface area (Å²) in [4.78, 5) is 24.8. The minimum Gasteiger partial charge on any atom is -0.497 e. The van der Waals surface area contributed by atoms with Gasteiger partial charge >= 0.3 is 0 Å². The van der Waals surface area contributed by atoms with Crippen molar-refractivity contribution < 1.29 is 14.3 Å². The second-order valence-electron chi connectivity index (χ2n) is 8.31. The molecule has 7 heteroatoms. The first-order valence-electron chi connectivity index (χ1n) is 11.4. The van der Waals surface area contributed by atoms with E-state index >= 15 is 0 Å². The lowest BCUT2D eigenvalue weighted by Gasteiger charge is -2.15. The van der Waals surface area contributed by atoms with Gasteiger partial charge in [0.25, 0.3) is 5.91 Å². The Hall–Kier alpha value is -4.39. The Morgan fingerprint density at radius 2 is 1.77 bits per heavy atom. The summed E-state index contributed by atoms with van der Waals surface area (Å²) in [5.41, 5.74) is 4.49. The molecule has 0 spiro atoms.